The number of likely N-dealkylation sites (tertiary alicyclic amines) is 1. The van der Waals surface area contributed by atoms with Crippen LogP contribution in [0.1, 0.15) is 30.1 Å². The first-order valence-electron chi connectivity index (χ1n) is 6.15. The topological polar surface area (TPSA) is 29.5 Å². The second kappa shape index (κ2) is 5.06. The zero-order valence-electron chi connectivity index (χ0n) is 10.8. The highest BCUT2D eigenvalue weighted by atomic mass is 19.1. The number of methoxy groups -OCH3 is 1. The Hall–Kier alpha value is -1.42. The van der Waals surface area contributed by atoms with Crippen LogP contribution in [0.2, 0.25) is 0 Å². The van der Waals surface area contributed by atoms with Crippen molar-refractivity contribution in [1.82, 2.24) is 4.90 Å². The maximum atomic E-state index is 13.6. The van der Waals surface area contributed by atoms with E-state index in [-0.39, 0.29) is 17.1 Å². The summed E-state index contributed by atoms with van der Waals surface area (Å²) in [5.74, 6) is -0.719. The first-order valence-corrected chi connectivity index (χ1v) is 6.15. The average Bonchev–Trinajstić information content (AvgIpc) is 2.39. The molecule has 1 aliphatic rings. The van der Waals surface area contributed by atoms with E-state index in [9.17, 15) is 9.18 Å². The Bertz CT molecular complexity index is 449. The molecule has 0 aliphatic carbocycles. The molecule has 1 aromatic carbocycles. The second-order valence-electron chi connectivity index (χ2n) is 4.96. The van der Waals surface area contributed by atoms with E-state index in [0.29, 0.717) is 13.1 Å². The summed E-state index contributed by atoms with van der Waals surface area (Å²) in [5.41, 5.74) is -0.183. The van der Waals surface area contributed by atoms with Crippen molar-refractivity contribution in [3.05, 3.63) is 35.6 Å². The third-order valence-corrected chi connectivity index (χ3v) is 3.54. The number of amides is 1. The Labute approximate surface area is 107 Å². The number of carbonyl (C=O) groups is 1. The van der Waals surface area contributed by atoms with Gasteiger partial charge in [0.2, 0.25) is 0 Å². The maximum absolute atomic E-state index is 13.6. The summed E-state index contributed by atoms with van der Waals surface area (Å²) in [5, 5.41) is 0. The van der Waals surface area contributed by atoms with Gasteiger partial charge >= 0.3 is 0 Å². The van der Waals surface area contributed by atoms with Gasteiger partial charge in [-0.2, -0.15) is 0 Å². The summed E-state index contributed by atoms with van der Waals surface area (Å²) < 4.78 is 19.0. The lowest BCUT2D eigenvalue weighted by molar-refractivity contribution is -0.0441. The number of hydrogen-bond acceptors (Lipinski definition) is 2. The van der Waals surface area contributed by atoms with Gasteiger partial charge in [0.05, 0.1) is 11.2 Å². The number of rotatable bonds is 2. The largest absolute Gasteiger partial charge is 0.377 e. The number of nitrogens with zero attached hydrogens (tertiary/aromatic N) is 1. The molecular weight excluding hydrogens is 233 g/mol. The zero-order valence-corrected chi connectivity index (χ0v) is 10.8. The van der Waals surface area contributed by atoms with E-state index < -0.39 is 5.82 Å². The van der Waals surface area contributed by atoms with E-state index in [2.05, 4.69) is 0 Å². The lowest BCUT2D eigenvalue weighted by Crippen LogP contribution is -2.49. The molecule has 1 saturated heterocycles. The van der Waals surface area contributed by atoms with Crippen LogP contribution in [-0.4, -0.2) is 36.6 Å². The van der Waals surface area contributed by atoms with Gasteiger partial charge in [-0.25, -0.2) is 4.39 Å². The maximum Gasteiger partial charge on any atom is 0.256 e. The van der Waals surface area contributed by atoms with Crippen LogP contribution in [0.3, 0.4) is 0 Å². The second-order valence-corrected chi connectivity index (χ2v) is 4.96. The molecule has 18 heavy (non-hydrogen) atoms. The quantitative estimate of drug-likeness (QED) is 0.808. The fourth-order valence-electron chi connectivity index (χ4n) is 2.35. The van der Waals surface area contributed by atoms with Gasteiger partial charge in [0, 0.05) is 20.2 Å². The van der Waals surface area contributed by atoms with Crippen LogP contribution in [0.15, 0.2) is 24.3 Å². The minimum Gasteiger partial charge on any atom is -0.377 e. The Morgan fingerprint density at radius 1 is 1.44 bits per heavy atom. The molecule has 1 heterocycles. The lowest BCUT2D eigenvalue weighted by atomic mass is 9.94. The van der Waals surface area contributed by atoms with Crippen LogP contribution < -0.4 is 0 Å². The van der Waals surface area contributed by atoms with Gasteiger partial charge < -0.3 is 9.64 Å². The van der Waals surface area contributed by atoms with Crippen LogP contribution in [0.4, 0.5) is 4.39 Å². The van der Waals surface area contributed by atoms with E-state index in [1.165, 1.54) is 12.1 Å². The van der Waals surface area contributed by atoms with Gasteiger partial charge in [-0.3, -0.25) is 4.79 Å². The van der Waals surface area contributed by atoms with Gasteiger partial charge in [-0.1, -0.05) is 12.1 Å². The van der Waals surface area contributed by atoms with Gasteiger partial charge in [-0.05, 0) is 31.9 Å². The molecule has 4 heteroatoms. The molecule has 1 aliphatic heterocycles. The first kappa shape index (κ1) is 13.0. The molecule has 2 rings (SSSR count). The number of piperidine rings is 1. The Morgan fingerprint density at radius 3 is 2.83 bits per heavy atom. The van der Waals surface area contributed by atoms with Crippen LogP contribution in [0, 0.1) is 5.82 Å². The summed E-state index contributed by atoms with van der Waals surface area (Å²) in [6.45, 7) is 3.15. The van der Waals surface area contributed by atoms with Crippen molar-refractivity contribution in [2.75, 3.05) is 20.2 Å². The average molecular weight is 251 g/mol. The molecule has 0 aromatic heterocycles. The molecule has 0 spiro atoms. The summed E-state index contributed by atoms with van der Waals surface area (Å²) in [6, 6.07) is 6.10. The molecule has 0 radical (unpaired) electrons. The smallest absolute Gasteiger partial charge is 0.256 e. The Morgan fingerprint density at radius 2 is 2.17 bits per heavy atom. The van der Waals surface area contributed by atoms with Crippen molar-refractivity contribution in [2.45, 2.75) is 25.4 Å². The fraction of sp³-hybridized carbons (Fsp3) is 0.500. The number of halogens is 1. The van der Waals surface area contributed by atoms with Crippen molar-refractivity contribution >= 4 is 5.91 Å². The molecule has 98 valence electrons. The predicted molar refractivity (Wildman–Crippen MR) is 67.0 cm³/mol. The zero-order chi connectivity index (χ0) is 13.2. The van der Waals surface area contributed by atoms with Crippen molar-refractivity contribution in [3.63, 3.8) is 0 Å². The molecule has 0 N–H and O–H groups in total. The third kappa shape index (κ3) is 2.53. The van der Waals surface area contributed by atoms with Crippen molar-refractivity contribution in [3.8, 4) is 0 Å². The lowest BCUT2D eigenvalue weighted by Gasteiger charge is -2.39. The van der Waals surface area contributed by atoms with Crippen molar-refractivity contribution in [1.29, 1.82) is 0 Å². The summed E-state index contributed by atoms with van der Waals surface area (Å²) in [6.07, 6.45) is 1.80. The first-order chi connectivity index (χ1) is 8.56. The van der Waals surface area contributed by atoms with E-state index in [0.717, 1.165) is 12.8 Å². The van der Waals surface area contributed by atoms with E-state index in [1.807, 2.05) is 6.92 Å². The number of benzene rings is 1. The number of ether oxygens (including phenoxy) is 1. The molecule has 1 atom stereocenters. The minimum absolute atomic E-state index is 0.137. The molecule has 1 aromatic rings. The third-order valence-electron chi connectivity index (χ3n) is 3.54. The Balaban J connectivity index is 2.17. The molecule has 1 amide bonds. The highest BCUT2D eigenvalue weighted by Gasteiger charge is 2.33. The van der Waals surface area contributed by atoms with Gasteiger partial charge in [-0.15, -0.1) is 0 Å². The van der Waals surface area contributed by atoms with Crippen LogP contribution in [-0.2, 0) is 4.74 Å². The number of hydrogen-bond donors (Lipinski definition) is 0. The highest BCUT2D eigenvalue weighted by Crippen LogP contribution is 2.25. The molecule has 0 saturated carbocycles. The molecular formula is C14H18FNO2. The summed E-state index contributed by atoms with van der Waals surface area (Å²) in [4.78, 5) is 13.9. The van der Waals surface area contributed by atoms with Crippen LogP contribution in [0.5, 0.6) is 0 Å². The predicted octanol–water partition coefficient (Wildman–Crippen LogP) is 2.47. The Kier molecular flexibility index (Phi) is 3.66. The summed E-state index contributed by atoms with van der Waals surface area (Å²) >= 11 is 0. The molecule has 3 nitrogen and oxygen atoms in total. The normalized spacial score (nSPS) is 24.1. The molecule has 1 fully saturated rings. The van der Waals surface area contributed by atoms with Crippen LogP contribution >= 0.6 is 0 Å². The minimum atomic E-state index is -0.466. The van der Waals surface area contributed by atoms with E-state index >= 15 is 0 Å². The van der Waals surface area contributed by atoms with Gasteiger partial charge in [0.25, 0.3) is 5.91 Å². The summed E-state index contributed by atoms with van der Waals surface area (Å²) in [7, 11) is 1.65. The monoisotopic (exact) mass is 251 g/mol. The van der Waals surface area contributed by atoms with E-state index in [4.69, 9.17) is 4.74 Å². The SMILES string of the molecule is COC1(C)CCCN(C(=O)c2ccccc2F)C1. The van der Waals surface area contributed by atoms with Crippen molar-refractivity contribution < 1.29 is 13.9 Å². The van der Waals surface area contributed by atoms with Crippen molar-refractivity contribution in [2.24, 2.45) is 0 Å². The molecule has 1 unspecified atom stereocenters. The number of carbonyl (C=O) groups excluding carboxylic acids is 1. The fourth-order valence-corrected chi connectivity index (χ4v) is 2.35. The van der Waals surface area contributed by atoms with Gasteiger partial charge in [0.1, 0.15) is 5.82 Å². The standard InChI is InChI=1S/C14H18FNO2/c1-14(18-2)8-5-9-16(10-14)13(17)11-6-3-4-7-12(11)15/h3-4,6-7H,5,8-10H2,1-2H3. The van der Waals surface area contributed by atoms with Crippen LogP contribution in [0.25, 0.3) is 0 Å². The highest BCUT2D eigenvalue weighted by molar-refractivity contribution is 5.94. The van der Waals surface area contributed by atoms with Gasteiger partial charge in [0.15, 0.2) is 0 Å². The van der Waals surface area contributed by atoms with E-state index in [1.54, 1.807) is 24.1 Å². The molecule has 0 bridgehead atoms.